The van der Waals surface area contributed by atoms with Crippen molar-refractivity contribution in [2.75, 3.05) is 11.9 Å². The van der Waals surface area contributed by atoms with Gasteiger partial charge in [0.05, 0.1) is 11.4 Å². The molecule has 0 radical (unpaired) electrons. The number of benzene rings is 2. The van der Waals surface area contributed by atoms with Crippen LogP contribution in [0.2, 0.25) is 0 Å². The van der Waals surface area contributed by atoms with Gasteiger partial charge in [0, 0.05) is 11.3 Å². The van der Waals surface area contributed by atoms with Crippen LogP contribution >= 0.6 is 0 Å². The number of hydrogen-bond acceptors (Lipinski definition) is 4. The van der Waals surface area contributed by atoms with Crippen molar-refractivity contribution >= 4 is 27.4 Å². The fourth-order valence-electron chi connectivity index (χ4n) is 2.19. The van der Waals surface area contributed by atoms with Crippen molar-refractivity contribution < 1.29 is 18.0 Å². The lowest BCUT2D eigenvalue weighted by Crippen LogP contribution is -2.32. The zero-order chi connectivity index (χ0) is 18.4. The van der Waals surface area contributed by atoms with E-state index in [-0.39, 0.29) is 17.2 Å². The molecule has 0 saturated heterocycles. The van der Waals surface area contributed by atoms with Crippen molar-refractivity contribution in [3.05, 3.63) is 59.7 Å². The standard InChI is InChI=1S/C18H20N2O4S/c1-3-14-5-4-6-16(11-14)20-18(22)12-19-25(23,24)17-9-7-15(8-10-17)13(2)21/h4-11,19H,3,12H2,1-2H3,(H,20,22). The van der Waals surface area contributed by atoms with Crippen molar-refractivity contribution in [2.24, 2.45) is 0 Å². The molecule has 7 heteroatoms. The van der Waals surface area contributed by atoms with Gasteiger partial charge in [-0.3, -0.25) is 9.59 Å². The summed E-state index contributed by atoms with van der Waals surface area (Å²) < 4.78 is 26.6. The van der Waals surface area contributed by atoms with Crippen LogP contribution in [0.3, 0.4) is 0 Å². The Morgan fingerprint density at radius 2 is 1.72 bits per heavy atom. The molecule has 2 aromatic rings. The molecule has 2 N–H and O–H groups in total. The molecule has 0 aliphatic heterocycles. The van der Waals surface area contributed by atoms with Crippen LogP contribution in [0.15, 0.2) is 53.4 Å². The van der Waals surface area contributed by atoms with E-state index in [1.807, 2.05) is 25.1 Å². The van der Waals surface area contributed by atoms with Gasteiger partial charge >= 0.3 is 0 Å². The number of carbonyl (C=O) groups is 2. The largest absolute Gasteiger partial charge is 0.325 e. The van der Waals surface area contributed by atoms with Gasteiger partial charge in [-0.25, -0.2) is 13.1 Å². The van der Waals surface area contributed by atoms with Crippen LogP contribution < -0.4 is 10.0 Å². The van der Waals surface area contributed by atoms with Gasteiger partial charge in [0.1, 0.15) is 0 Å². The molecular weight excluding hydrogens is 340 g/mol. The number of anilines is 1. The van der Waals surface area contributed by atoms with Crippen molar-refractivity contribution in [1.82, 2.24) is 4.72 Å². The van der Waals surface area contributed by atoms with Crippen LogP contribution in [0, 0.1) is 0 Å². The number of nitrogens with one attached hydrogen (secondary N) is 2. The number of aryl methyl sites for hydroxylation is 1. The third kappa shape index (κ3) is 5.23. The SMILES string of the molecule is CCc1cccc(NC(=O)CNS(=O)(=O)c2ccc(C(C)=O)cc2)c1. The zero-order valence-electron chi connectivity index (χ0n) is 14.1. The van der Waals surface area contributed by atoms with E-state index in [4.69, 9.17) is 0 Å². The van der Waals surface area contributed by atoms with E-state index >= 15 is 0 Å². The maximum absolute atomic E-state index is 12.2. The first-order valence-corrected chi connectivity index (χ1v) is 9.29. The molecule has 0 bridgehead atoms. The highest BCUT2D eigenvalue weighted by atomic mass is 32.2. The monoisotopic (exact) mass is 360 g/mol. The second-order valence-corrected chi connectivity index (χ2v) is 7.27. The van der Waals surface area contributed by atoms with E-state index in [9.17, 15) is 18.0 Å². The number of ketones is 1. The van der Waals surface area contributed by atoms with Crippen LogP contribution in [0.5, 0.6) is 0 Å². The van der Waals surface area contributed by atoms with Crippen LogP contribution in [-0.4, -0.2) is 26.7 Å². The molecule has 0 aliphatic rings. The van der Waals surface area contributed by atoms with Crippen LogP contribution in [0.1, 0.15) is 29.8 Å². The predicted octanol–water partition coefficient (Wildman–Crippen LogP) is 2.37. The highest BCUT2D eigenvalue weighted by Gasteiger charge is 2.16. The van der Waals surface area contributed by atoms with E-state index in [1.165, 1.54) is 31.2 Å². The Morgan fingerprint density at radius 1 is 1.04 bits per heavy atom. The molecule has 6 nitrogen and oxygen atoms in total. The van der Waals surface area contributed by atoms with Gasteiger partial charge in [0.25, 0.3) is 0 Å². The molecule has 0 atom stereocenters. The summed E-state index contributed by atoms with van der Waals surface area (Å²) in [7, 11) is -3.83. The fraction of sp³-hybridized carbons (Fsp3) is 0.222. The van der Waals surface area contributed by atoms with Crippen molar-refractivity contribution in [2.45, 2.75) is 25.2 Å². The summed E-state index contributed by atoms with van der Waals surface area (Å²) in [6.07, 6.45) is 0.840. The number of hydrogen-bond donors (Lipinski definition) is 2. The number of Topliss-reactive ketones (excluding diaryl/α,β-unsaturated/α-hetero) is 1. The summed E-state index contributed by atoms with van der Waals surface area (Å²) in [6, 6.07) is 12.9. The molecule has 2 rings (SSSR count). The quantitative estimate of drug-likeness (QED) is 0.742. The molecule has 0 heterocycles. The lowest BCUT2D eigenvalue weighted by molar-refractivity contribution is -0.115. The van der Waals surface area contributed by atoms with Crippen molar-refractivity contribution in [1.29, 1.82) is 0 Å². The molecule has 0 aliphatic carbocycles. The maximum Gasteiger partial charge on any atom is 0.241 e. The maximum atomic E-state index is 12.2. The zero-order valence-corrected chi connectivity index (χ0v) is 14.9. The number of carbonyl (C=O) groups excluding carboxylic acids is 2. The van der Waals surface area contributed by atoms with E-state index < -0.39 is 15.9 Å². The van der Waals surface area contributed by atoms with Gasteiger partial charge in [-0.1, -0.05) is 31.2 Å². The molecule has 25 heavy (non-hydrogen) atoms. The average Bonchev–Trinajstić information content (AvgIpc) is 2.60. The smallest absolute Gasteiger partial charge is 0.241 e. The molecule has 1 amide bonds. The molecule has 0 saturated carbocycles. The Hall–Kier alpha value is -2.51. The number of rotatable bonds is 7. The van der Waals surface area contributed by atoms with E-state index in [1.54, 1.807) is 6.07 Å². The average molecular weight is 360 g/mol. The van der Waals surface area contributed by atoms with Gasteiger partial charge in [0.2, 0.25) is 15.9 Å². The lowest BCUT2D eigenvalue weighted by Gasteiger charge is -2.09. The van der Waals surface area contributed by atoms with E-state index in [0.717, 1.165) is 12.0 Å². The summed E-state index contributed by atoms with van der Waals surface area (Å²) >= 11 is 0. The highest BCUT2D eigenvalue weighted by Crippen LogP contribution is 2.12. The van der Waals surface area contributed by atoms with Gasteiger partial charge < -0.3 is 5.32 Å². The fourth-order valence-corrected chi connectivity index (χ4v) is 3.17. The van der Waals surface area contributed by atoms with Crippen molar-refractivity contribution in [3.63, 3.8) is 0 Å². The minimum absolute atomic E-state index is 0.00159. The molecular formula is C18H20N2O4S. The molecule has 132 valence electrons. The Kier molecular flexibility index (Phi) is 6.06. The second kappa shape index (κ2) is 8.04. The molecule has 0 aromatic heterocycles. The minimum atomic E-state index is -3.83. The number of amides is 1. The molecule has 0 unspecified atom stereocenters. The third-order valence-electron chi connectivity index (χ3n) is 3.61. The van der Waals surface area contributed by atoms with Crippen molar-refractivity contribution in [3.8, 4) is 0 Å². The summed E-state index contributed by atoms with van der Waals surface area (Å²) in [5.41, 5.74) is 2.12. The topological polar surface area (TPSA) is 92.3 Å². The summed E-state index contributed by atoms with van der Waals surface area (Å²) in [5.74, 6) is -0.609. The Balaban J connectivity index is 1.98. The second-order valence-electron chi connectivity index (χ2n) is 5.51. The van der Waals surface area contributed by atoms with Gasteiger partial charge in [-0.2, -0.15) is 0 Å². The molecule has 0 fully saturated rings. The minimum Gasteiger partial charge on any atom is -0.325 e. The molecule has 2 aromatic carbocycles. The first kappa shape index (κ1) is 18.8. The Labute approximate surface area is 147 Å². The summed E-state index contributed by atoms with van der Waals surface area (Å²) in [5, 5.41) is 2.65. The lowest BCUT2D eigenvalue weighted by atomic mass is 10.1. The van der Waals surface area contributed by atoms with Gasteiger partial charge in [-0.15, -0.1) is 0 Å². The van der Waals surface area contributed by atoms with Gasteiger partial charge in [0.15, 0.2) is 5.78 Å². The summed E-state index contributed by atoms with van der Waals surface area (Å²) in [4.78, 5) is 23.2. The molecule has 0 spiro atoms. The first-order valence-electron chi connectivity index (χ1n) is 7.81. The Bertz CT molecular complexity index is 874. The van der Waals surface area contributed by atoms with Crippen LogP contribution in [-0.2, 0) is 21.2 Å². The number of sulfonamides is 1. The predicted molar refractivity (Wildman–Crippen MR) is 96.1 cm³/mol. The van der Waals surface area contributed by atoms with E-state index in [2.05, 4.69) is 10.0 Å². The Morgan fingerprint density at radius 3 is 2.32 bits per heavy atom. The third-order valence-corrected chi connectivity index (χ3v) is 5.03. The van der Waals surface area contributed by atoms with Crippen LogP contribution in [0.25, 0.3) is 0 Å². The summed E-state index contributed by atoms with van der Waals surface area (Å²) in [6.45, 7) is 3.03. The highest BCUT2D eigenvalue weighted by molar-refractivity contribution is 7.89. The van der Waals surface area contributed by atoms with Gasteiger partial charge in [-0.05, 0) is 43.2 Å². The van der Waals surface area contributed by atoms with Crippen LogP contribution in [0.4, 0.5) is 5.69 Å². The van der Waals surface area contributed by atoms with E-state index in [0.29, 0.717) is 11.3 Å². The first-order chi connectivity index (χ1) is 11.8. The normalized spacial score (nSPS) is 11.1.